The van der Waals surface area contributed by atoms with Gasteiger partial charge in [0.2, 0.25) is 0 Å². The largest absolute Gasteiger partial charge is 0.444 e. The van der Waals surface area contributed by atoms with Crippen LogP contribution in [0.5, 0.6) is 0 Å². The summed E-state index contributed by atoms with van der Waals surface area (Å²) >= 11 is 3.14. The van der Waals surface area contributed by atoms with Gasteiger partial charge in [0, 0.05) is 17.8 Å². The van der Waals surface area contributed by atoms with Gasteiger partial charge in [0.05, 0.1) is 0 Å². The molecule has 0 spiro atoms. The first-order chi connectivity index (χ1) is 12.5. The standard InChI is InChI=1S/C19H14BrFN2O3/c20-17-9-8-16(26-17)19(25)22-11-12-2-1-3-15(10-12)23-18(24)13-4-6-14(21)7-5-13/h1-10H,11H2,(H,22,25)(H,23,24). The zero-order chi connectivity index (χ0) is 18.5. The van der Waals surface area contributed by atoms with E-state index < -0.39 is 5.82 Å². The molecule has 2 N–H and O–H groups in total. The van der Waals surface area contributed by atoms with Crippen LogP contribution in [-0.4, -0.2) is 11.8 Å². The third kappa shape index (κ3) is 4.58. The summed E-state index contributed by atoms with van der Waals surface area (Å²) in [5.41, 5.74) is 1.74. The lowest BCUT2D eigenvalue weighted by Gasteiger charge is -2.08. The molecule has 0 aliphatic rings. The van der Waals surface area contributed by atoms with Crippen molar-refractivity contribution in [3.05, 3.63) is 88.0 Å². The molecular formula is C19H14BrFN2O3. The molecular weight excluding hydrogens is 403 g/mol. The smallest absolute Gasteiger partial charge is 0.287 e. The molecule has 26 heavy (non-hydrogen) atoms. The van der Waals surface area contributed by atoms with Gasteiger partial charge in [-0.15, -0.1) is 0 Å². The Kier molecular flexibility index (Phi) is 5.48. The first-order valence-electron chi connectivity index (χ1n) is 7.70. The number of amides is 2. The van der Waals surface area contributed by atoms with Crippen molar-refractivity contribution < 1.29 is 18.4 Å². The summed E-state index contributed by atoms with van der Waals surface area (Å²) in [4.78, 5) is 24.2. The Bertz CT molecular complexity index is 938. The molecule has 3 aromatic rings. The summed E-state index contributed by atoms with van der Waals surface area (Å²) in [6.07, 6.45) is 0. The molecule has 0 aliphatic carbocycles. The molecule has 2 amide bonds. The van der Waals surface area contributed by atoms with Crippen LogP contribution in [0.3, 0.4) is 0 Å². The Balaban J connectivity index is 1.61. The van der Waals surface area contributed by atoms with Gasteiger partial charge in [-0.05, 0) is 70.0 Å². The molecule has 0 fully saturated rings. The maximum absolute atomic E-state index is 12.9. The second-order valence-corrected chi connectivity index (χ2v) is 6.23. The summed E-state index contributed by atoms with van der Waals surface area (Å²) in [5.74, 6) is -0.872. The Morgan fingerprint density at radius 3 is 2.46 bits per heavy atom. The Labute approximate surface area is 157 Å². The minimum absolute atomic E-state index is 0.206. The lowest BCUT2D eigenvalue weighted by molar-refractivity contribution is 0.0921. The number of hydrogen-bond acceptors (Lipinski definition) is 3. The first-order valence-corrected chi connectivity index (χ1v) is 8.50. The second kappa shape index (κ2) is 7.97. The summed E-state index contributed by atoms with van der Waals surface area (Å²) < 4.78 is 18.6. The molecule has 7 heteroatoms. The number of furan rings is 1. The Morgan fingerprint density at radius 1 is 1.00 bits per heavy atom. The van der Waals surface area contributed by atoms with Crippen LogP contribution >= 0.6 is 15.9 Å². The van der Waals surface area contributed by atoms with Crippen LogP contribution in [0.1, 0.15) is 26.5 Å². The zero-order valence-corrected chi connectivity index (χ0v) is 15.0. The van der Waals surface area contributed by atoms with Crippen molar-refractivity contribution in [3.63, 3.8) is 0 Å². The van der Waals surface area contributed by atoms with Gasteiger partial charge in [0.25, 0.3) is 11.8 Å². The molecule has 3 rings (SSSR count). The zero-order valence-electron chi connectivity index (χ0n) is 13.5. The van der Waals surface area contributed by atoms with Gasteiger partial charge in [-0.1, -0.05) is 12.1 Å². The summed E-state index contributed by atoms with van der Waals surface area (Å²) in [6.45, 7) is 0.275. The van der Waals surface area contributed by atoms with E-state index in [9.17, 15) is 14.0 Å². The Hall–Kier alpha value is -2.93. The van der Waals surface area contributed by atoms with E-state index in [1.807, 2.05) is 6.07 Å². The van der Waals surface area contributed by atoms with Crippen molar-refractivity contribution in [1.29, 1.82) is 0 Å². The number of nitrogens with one attached hydrogen (secondary N) is 2. The van der Waals surface area contributed by atoms with Gasteiger partial charge in [-0.2, -0.15) is 0 Å². The van der Waals surface area contributed by atoms with Gasteiger partial charge in [-0.25, -0.2) is 4.39 Å². The molecule has 0 radical (unpaired) electrons. The highest BCUT2D eigenvalue weighted by molar-refractivity contribution is 9.10. The SMILES string of the molecule is O=C(Nc1cccc(CNC(=O)c2ccc(Br)o2)c1)c1ccc(F)cc1. The lowest BCUT2D eigenvalue weighted by Crippen LogP contribution is -2.22. The lowest BCUT2D eigenvalue weighted by atomic mass is 10.1. The fourth-order valence-corrected chi connectivity index (χ4v) is 2.58. The van der Waals surface area contributed by atoms with Crippen LogP contribution in [0.25, 0.3) is 0 Å². The summed E-state index contributed by atoms with van der Waals surface area (Å²) in [5, 5.41) is 5.48. The molecule has 5 nitrogen and oxygen atoms in total. The second-order valence-electron chi connectivity index (χ2n) is 5.45. The van der Waals surface area contributed by atoms with Crippen molar-refractivity contribution in [2.45, 2.75) is 6.54 Å². The van der Waals surface area contributed by atoms with Crippen LogP contribution in [0.2, 0.25) is 0 Å². The molecule has 1 aromatic heterocycles. The first kappa shape index (κ1) is 17.9. The maximum atomic E-state index is 12.9. The fourth-order valence-electron chi connectivity index (χ4n) is 2.27. The van der Waals surface area contributed by atoms with Crippen LogP contribution in [0, 0.1) is 5.82 Å². The molecule has 2 aromatic carbocycles. The van der Waals surface area contributed by atoms with Crippen molar-refractivity contribution in [2.75, 3.05) is 5.32 Å². The predicted octanol–water partition coefficient (Wildman–Crippen LogP) is 4.36. The molecule has 0 saturated heterocycles. The summed E-state index contributed by atoms with van der Waals surface area (Å²) in [6, 6.07) is 15.6. The van der Waals surface area contributed by atoms with E-state index in [1.165, 1.54) is 24.3 Å². The van der Waals surface area contributed by atoms with Crippen molar-refractivity contribution in [1.82, 2.24) is 5.32 Å². The van der Waals surface area contributed by atoms with E-state index in [0.717, 1.165) is 5.56 Å². The highest BCUT2D eigenvalue weighted by Crippen LogP contribution is 2.15. The number of halogens is 2. The van der Waals surface area contributed by atoms with Crippen molar-refractivity contribution in [2.24, 2.45) is 0 Å². The summed E-state index contributed by atoms with van der Waals surface area (Å²) in [7, 11) is 0. The van der Waals surface area contributed by atoms with E-state index in [2.05, 4.69) is 26.6 Å². The molecule has 0 saturated carbocycles. The molecule has 0 bridgehead atoms. The average molecular weight is 417 g/mol. The maximum Gasteiger partial charge on any atom is 0.287 e. The van der Waals surface area contributed by atoms with E-state index in [-0.39, 0.29) is 24.1 Å². The van der Waals surface area contributed by atoms with Crippen LogP contribution in [0.4, 0.5) is 10.1 Å². The molecule has 1 heterocycles. The van der Waals surface area contributed by atoms with Crippen molar-refractivity contribution in [3.8, 4) is 0 Å². The van der Waals surface area contributed by atoms with Crippen LogP contribution < -0.4 is 10.6 Å². The third-order valence-electron chi connectivity index (χ3n) is 3.54. The highest BCUT2D eigenvalue weighted by Gasteiger charge is 2.10. The van der Waals surface area contributed by atoms with Gasteiger partial charge >= 0.3 is 0 Å². The Morgan fingerprint density at radius 2 is 1.77 bits per heavy atom. The van der Waals surface area contributed by atoms with Gasteiger partial charge in [0.1, 0.15) is 5.82 Å². The minimum atomic E-state index is -0.400. The monoisotopic (exact) mass is 416 g/mol. The number of hydrogen-bond donors (Lipinski definition) is 2. The van der Waals surface area contributed by atoms with E-state index >= 15 is 0 Å². The van der Waals surface area contributed by atoms with Crippen LogP contribution in [-0.2, 0) is 6.54 Å². The van der Waals surface area contributed by atoms with Crippen LogP contribution in [0.15, 0.2) is 69.8 Å². The van der Waals surface area contributed by atoms with Gasteiger partial charge in [-0.3, -0.25) is 9.59 Å². The van der Waals surface area contributed by atoms with Gasteiger partial charge in [0.15, 0.2) is 10.4 Å². The quantitative estimate of drug-likeness (QED) is 0.648. The number of rotatable bonds is 5. The van der Waals surface area contributed by atoms with E-state index in [0.29, 0.717) is 15.9 Å². The van der Waals surface area contributed by atoms with E-state index in [1.54, 1.807) is 30.3 Å². The molecule has 0 atom stereocenters. The van der Waals surface area contributed by atoms with Crippen molar-refractivity contribution >= 4 is 33.4 Å². The average Bonchev–Trinajstić information content (AvgIpc) is 3.07. The number of carbonyl (C=O) groups excluding carboxylic acids is 2. The molecule has 132 valence electrons. The fraction of sp³-hybridized carbons (Fsp3) is 0.0526. The molecule has 0 aliphatic heterocycles. The number of anilines is 1. The van der Waals surface area contributed by atoms with E-state index in [4.69, 9.17) is 4.42 Å². The predicted molar refractivity (Wildman–Crippen MR) is 98.4 cm³/mol. The topological polar surface area (TPSA) is 71.3 Å². The number of carbonyl (C=O) groups is 2. The third-order valence-corrected chi connectivity index (χ3v) is 3.97. The minimum Gasteiger partial charge on any atom is -0.444 e. The number of benzene rings is 2. The highest BCUT2D eigenvalue weighted by atomic mass is 79.9. The molecule has 0 unspecified atom stereocenters. The van der Waals surface area contributed by atoms with Gasteiger partial charge < -0.3 is 15.1 Å². The normalized spacial score (nSPS) is 10.4.